The number of hydrogen-bond donors (Lipinski definition) is 1. The van der Waals surface area contributed by atoms with Crippen LogP contribution in [0.2, 0.25) is 0 Å². The summed E-state index contributed by atoms with van der Waals surface area (Å²) in [5.74, 6) is 2.84. The van der Waals surface area contributed by atoms with E-state index in [0.29, 0.717) is 29.4 Å². The molecular weight excluding hydrogens is 272 g/mol. The van der Waals surface area contributed by atoms with E-state index >= 15 is 0 Å². The Labute approximate surface area is 124 Å². The molecule has 2 aliphatic rings. The maximum Gasteiger partial charge on any atom is 0.151 e. The lowest BCUT2D eigenvalue weighted by molar-refractivity contribution is 0.102. The van der Waals surface area contributed by atoms with E-state index in [-0.39, 0.29) is 6.04 Å². The predicted octanol–water partition coefficient (Wildman–Crippen LogP) is 1.38. The van der Waals surface area contributed by atoms with Gasteiger partial charge in [-0.05, 0) is 51.1 Å². The van der Waals surface area contributed by atoms with Crippen LogP contribution in [-0.4, -0.2) is 57.5 Å². The average molecular weight is 302 g/mol. The molecule has 1 saturated heterocycles. The van der Waals surface area contributed by atoms with Gasteiger partial charge >= 0.3 is 0 Å². The van der Waals surface area contributed by atoms with Crippen LogP contribution in [-0.2, 0) is 9.84 Å². The first-order valence-electron chi connectivity index (χ1n) is 7.90. The minimum Gasteiger partial charge on any atom is -0.317 e. The summed E-state index contributed by atoms with van der Waals surface area (Å²) >= 11 is 0. The lowest BCUT2D eigenvalue weighted by Crippen LogP contribution is -2.49. The average Bonchev–Trinajstić information content (AvgIpc) is 2.72. The number of rotatable bonds is 4. The van der Waals surface area contributed by atoms with Gasteiger partial charge in [0.25, 0.3) is 0 Å². The Morgan fingerprint density at radius 2 is 1.95 bits per heavy atom. The van der Waals surface area contributed by atoms with Crippen LogP contribution in [0.1, 0.15) is 33.1 Å². The standard InChI is InChI=1S/C15H30N2O2S/c1-11-7-12(2)14(15(8-11)16-3)9-17(4)13-5-6-20(18,19)10-13/h11-16H,5-10H2,1-4H3. The molecule has 1 saturated carbocycles. The number of hydrogen-bond acceptors (Lipinski definition) is 4. The maximum absolute atomic E-state index is 11.6. The summed E-state index contributed by atoms with van der Waals surface area (Å²) in [6.45, 7) is 5.70. The zero-order valence-electron chi connectivity index (χ0n) is 13.3. The fourth-order valence-corrected chi connectivity index (χ4v) is 5.96. The second-order valence-electron chi connectivity index (χ2n) is 7.11. The molecule has 0 amide bonds. The smallest absolute Gasteiger partial charge is 0.151 e. The SMILES string of the molecule is CNC1CC(C)CC(C)C1CN(C)C1CCS(=O)(=O)C1. The summed E-state index contributed by atoms with van der Waals surface area (Å²) in [5, 5.41) is 3.48. The van der Waals surface area contributed by atoms with E-state index in [4.69, 9.17) is 0 Å². The summed E-state index contributed by atoms with van der Waals surface area (Å²) in [7, 11) is 1.38. The largest absolute Gasteiger partial charge is 0.317 e. The molecule has 0 radical (unpaired) electrons. The normalized spacial score (nSPS) is 41.1. The van der Waals surface area contributed by atoms with Crippen LogP contribution >= 0.6 is 0 Å². The monoisotopic (exact) mass is 302 g/mol. The Hall–Kier alpha value is -0.130. The molecule has 2 rings (SSSR count). The third kappa shape index (κ3) is 3.74. The summed E-state index contributed by atoms with van der Waals surface area (Å²) < 4.78 is 23.3. The number of nitrogens with one attached hydrogen (secondary N) is 1. The van der Waals surface area contributed by atoms with E-state index in [1.807, 2.05) is 0 Å². The van der Waals surface area contributed by atoms with E-state index in [0.717, 1.165) is 18.9 Å². The van der Waals surface area contributed by atoms with Crippen LogP contribution < -0.4 is 5.32 Å². The number of sulfone groups is 1. The summed E-state index contributed by atoms with van der Waals surface area (Å²) in [6.07, 6.45) is 3.34. The van der Waals surface area contributed by atoms with Crippen molar-refractivity contribution in [2.45, 2.75) is 45.2 Å². The minimum absolute atomic E-state index is 0.226. The first kappa shape index (κ1) is 16.2. The molecule has 4 nitrogen and oxygen atoms in total. The third-order valence-electron chi connectivity index (χ3n) is 5.38. The van der Waals surface area contributed by atoms with Crippen molar-refractivity contribution in [2.75, 3.05) is 32.1 Å². The molecule has 0 spiro atoms. The lowest BCUT2D eigenvalue weighted by Gasteiger charge is -2.42. The third-order valence-corrected chi connectivity index (χ3v) is 7.13. The predicted molar refractivity (Wildman–Crippen MR) is 83.6 cm³/mol. The maximum atomic E-state index is 11.6. The van der Waals surface area contributed by atoms with Crippen molar-refractivity contribution in [3.8, 4) is 0 Å². The first-order valence-corrected chi connectivity index (χ1v) is 9.72. The molecule has 5 heteroatoms. The molecule has 5 unspecified atom stereocenters. The fourth-order valence-electron chi connectivity index (χ4n) is 4.15. The molecule has 1 heterocycles. The molecule has 1 aliphatic heterocycles. The Bertz CT molecular complexity index is 424. The van der Waals surface area contributed by atoms with E-state index in [1.54, 1.807) is 0 Å². The van der Waals surface area contributed by atoms with Crippen molar-refractivity contribution in [3.05, 3.63) is 0 Å². The van der Waals surface area contributed by atoms with Gasteiger partial charge in [0.1, 0.15) is 0 Å². The molecule has 20 heavy (non-hydrogen) atoms. The fraction of sp³-hybridized carbons (Fsp3) is 1.00. The van der Waals surface area contributed by atoms with Crippen molar-refractivity contribution >= 4 is 9.84 Å². The quantitative estimate of drug-likeness (QED) is 0.852. The molecule has 1 N–H and O–H groups in total. The highest BCUT2D eigenvalue weighted by atomic mass is 32.2. The van der Waals surface area contributed by atoms with Crippen LogP contribution in [0.5, 0.6) is 0 Å². The summed E-state index contributed by atoms with van der Waals surface area (Å²) in [5.41, 5.74) is 0. The molecule has 0 aromatic rings. The van der Waals surface area contributed by atoms with Gasteiger partial charge in [0.2, 0.25) is 0 Å². The van der Waals surface area contributed by atoms with Gasteiger partial charge in [0, 0.05) is 18.6 Å². The highest BCUT2D eigenvalue weighted by molar-refractivity contribution is 7.91. The number of nitrogens with zero attached hydrogens (tertiary/aromatic N) is 1. The molecule has 0 aromatic heterocycles. The zero-order chi connectivity index (χ0) is 14.9. The van der Waals surface area contributed by atoms with Gasteiger partial charge in [0.15, 0.2) is 9.84 Å². The Morgan fingerprint density at radius 1 is 1.25 bits per heavy atom. The Balaban J connectivity index is 1.97. The second kappa shape index (κ2) is 6.32. The van der Waals surface area contributed by atoms with E-state index < -0.39 is 9.84 Å². The summed E-state index contributed by atoms with van der Waals surface area (Å²) in [6, 6.07) is 0.790. The molecule has 118 valence electrons. The van der Waals surface area contributed by atoms with Gasteiger partial charge < -0.3 is 10.2 Å². The second-order valence-corrected chi connectivity index (χ2v) is 9.34. The van der Waals surface area contributed by atoms with Gasteiger partial charge in [-0.2, -0.15) is 0 Å². The first-order chi connectivity index (χ1) is 9.32. The Kier molecular flexibility index (Phi) is 5.14. The van der Waals surface area contributed by atoms with Crippen LogP contribution in [0.25, 0.3) is 0 Å². The van der Waals surface area contributed by atoms with Crippen LogP contribution in [0.15, 0.2) is 0 Å². The van der Waals surface area contributed by atoms with Gasteiger partial charge in [-0.15, -0.1) is 0 Å². The molecule has 0 bridgehead atoms. The van der Waals surface area contributed by atoms with Crippen molar-refractivity contribution in [1.82, 2.24) is 10.2 Å². The van der Waals surface area contributed by atoms with E-state index in [1.165, 1.54) is 12.8 Å². The van der Waals surface area contributed by atoms with Gasteiger partial charge in [0.05, 0.1) is 11.5 Å². The molecule has 2 fully saturated rings. The van der Waals surface area contributed by atoms with E-state index in [2.05, 4.69) is 38.2 Å². The van der Waals surface area contributed by atoms with E-state index in [9.17, 15) is 8.42 Å². The van der Waals surface area contributed by atoms with Crippen molar-refractivity contribution < 1.29 is 8.42 Å². The minimum atomic E-state index is -2.78. The molecule has 1 aliphatic carbocycles. The van der Waals surface area contributed by atoms with Gasteiger partial charge in [-0.25, -0.2) is 8.42 Å². The van der Waals surface area contributed by atoms with Gasteiger partial charge in [-0.1, -0.05) is 13.8 Å². The van der Waals surface area contributed by atoms with Crippen molar-refractivity contribution in [2.24, 2.45) is 17.8 Å². The highest BCUT2D eigenvalue weighted by Crippen LogP contribution is 2.34. The van der Waals surface area contributed by atoms with Crippen molar-refractivity contribution in [1.29, 1.82) is 0 Å². The lowest BCUT2D eigenvalue weighted by atomic mass is 9.72. The Morgan fingerprint density at radius 3 is 2.50 bits per heavy atom. The topological polar surface area (TPSA) is 49.4 Å². The zero-order valence-corrected chi connectivity index (χ0v) is 14.1. The highest BCUT2D eigenvalue weighted by Gasteiger charge is 2.36. The van der Waals surface area contributed by atoms with Gasteiger partial charge in [-0.3, -0.25) is 0 Å². The van der Waals surface area contributed by atoms with Crippen LogP contribution in [0, 0.1) is 17.8 Å². The van der Waals surface area contributed by atoms with Crippen LogP contribution in [0.3, 0.4) is 0 Å². The molecular formula is C15H30N2O2S. The molecule has 5 atom stereocenters. The summed E-state index contributed by atoms with van der Waals surface area (Å²) in [4.78, 5) is 2.30. The van der Waals surface area contributed by atoms with Crippen LogP contribution in [0.4, 0.5) is 0 Å². The van der Waals surface area contributed by atoms with Crippen molar-refractivity contribution in [3.63, 3.8) is 0 Å². The molecule has 0 aromatic carbocycles.